The molecule has 0 spiro atoms. The number of pyridine rings is 2. The van der Waals surface area contributed by atoms with Gasteiger partial charge in [0.25, 0.3) is 11.5 Å². The lowest BCUT2D eigenvalue weighted by Gasteiger charge is -2.30. The molecule has 4 heterocycles. The van der Waals surface area contributed by atoms with Crippen LogP contribution in [0.15, 0.2) is 94.9 Å². The third-order valence-corrected chi connectivity index (χ3v) is 9.15. The number of nitrogens with one attached hydrogen (secondary N) is 2. The Morgan fingerprint density at radius 2 is 1.73 bits per heavy atom. The second-order valence-electron chi connectivity index (χ2n) is 13.1. The number of nitrogens with zero attached hydrogens (tertiary/aromatic N) is 5. The molecule has 1 aliphatic carbocycles. The normalized spacial score (nSPS) is 16.2. The predicted molar refractivity (Wildman–Crippen MR) is 190 cm³/mol. The number of rotatable bonds is 10. The largest absolute Gasteiger partial charge is 0.492 e. The highest BCUT2D eigenvalue weighted by Gasteiger charge is 2.28. The summed E-state index contributed by atoms with van der Waals surface area (Å²) in [6.45, 7) is 5.43. The lowest BCUT2D eigenvalue weighted by atomic mass is 9.90. The molecule has 2 aromatic carbocycles. The monoisotopic (exact) mass is 693 g/mol. The van der Waals surface area contributed by atoms with Crippen molar-refractivity contribution in [3.63, 3.8) is 0 Å². The van der Waals surface area contributed by atoms with E-state index in [0.29, 0.717) is 49.7 Å². The van der Waals surface area contributed by atoms with E-state index in [0.717, 1.165) is 35.7 Å². The van der Waals surface area contributed by atoms with Gasteiger partial charge in [-0.15, -0.1) is 0 Å². The molecular formula is C38H37F2N7O4. The molecule has 2 N–H and O–H groups in total. The van der Waals surface area contributed by atoms with Crippen LogP contribution in [0.4, 0.5) is 8.78 Å². The molecule has 0 aliphatic heterocycles. The van der Waals surface area contributed by atoms with E-state index in [1.807, 2.05) is 42.5 Å². The zero-order chi connectivity index (χ0) is 35.6. The summed E-state index contributed by atoms with van der Waals surface area (Å²) in [5.74, 6) is -0.785. The molecule has 13 heteroatoms. The second-order valence-corrected chi connectivity index (χ2v) is 13.1. The lowest BCUT2D eigenvalue weighted by molar-refractivity contribution is 0.0917. The van der Waals surface area contributed by atoms with Gasteiger partial charge in [0.1, 0.15) is 35.3 Å². The first kappa shape index (κ1) is 33.8. The minimum Gasteiger partial charge on any atom is -0.492 e. The number of hydrogen-bond acceptors (Lipinski definition) is 7. The zero-order valence-electron chi connectivity index (χ0n) is 28.2. The van der Waals surface area contributed by atoms with Crippen molar-refractivity contribution >= 4 is 22.6 Å². The number of carbonyl (C=O) groups is 1. The molecule has 6 aromatic rings. The van der Waals surface area contributed by atoms with Crippen LogP contribution in [0.25, 0.3) is 33.5 Å². The van der Waals surface area contributed by atoms with Crippen molar-refractivity contribution in [3.8, 4) is 22.6 Å². The number of hydrogen-bond donors (Lipinski definition) is 2. The molecule has 51 heavy (non-hydrogen) atoms. The van der Waals surface area contributed by atoms with Gasteiger partial charge in [0.2, 0.25) is 0 Å². The molecule has 1 amide bonds. The van der Waals surface area contributed by atoms with E-state index in [4.69, 9.17) is 4.74 Å². The van der Waals surface area contributed by atoms with Crippen molar-refractivity contribution in [1.29, 1.82) is 0 Å². The average Bonchev–Trinajstić information content (AvgIpc) is 3.55. The summed E-state index contributed by atoms with van der Waals surface area (Å²) in [4.78, 5) is 49.5. The number of fused-ring (bicyclic) bond motifs is 2. The maximum absolute atomic E-state index is 14.5. The van der Waals surface area contributed by atoms with Crippen LogP contribution in [-0.2, 0) is 0 Å². The standard InChI is InChI=1S/C38H37F2N7O4/c1-23(2)41-16-17-51-31-13-6-24(7-14-31)25-4-3-5-30(18-25)46-35-32(19-27(40)20-42-35)37(49)47(38(46)50)29-11-9-28(10-12-29)43-36(48)33-22-45-21-26(39)8-15-34(45)44-33/h3-8,13-15,18-23,28-29,41H,9-12,16-17H2,1-2H3,(H,43,48). The van der Waals surface area contributed by atoms with Gasteiger partial charge in [-0.25, -0.2) is 28.1 Å². The van der Waals surface area contributed by atoms with Crippen LogP contribution in [0, 0.1) is 11.6 Å². The third-order valence-electron chi connectivity index (χ3n) is 9.15. The van der Waals surface area contributed by atoms with Gasteiger partial charge < -0.3 is 19.8 Å². The minimum atomic E-state index is -0.687. The van der Waals surface area contributed by atoms with Crippen LogP contribution in [-0.4, -0.2) is 54.6 Å². The van der Waals surface area contributed by atoms with Crippen molar-refractivity contribution in [2.75, 3.05) is 13.2 Å². The number of halogens is 2. The van der Waals surface area contributed by atoms with E-state index in [2.05, 4.69) is 34.4 Å². The van der Waals surface area contributed by atoms with Gasteiger partial charge >= 0.3 is 5.69 Å². The Hall–Kier alpha value is -5.69. The van der Waals surface area contributed by atoms with Gasteiger partial charge in [0.15, 0.2) is 5.65 Å². The molecule has 262 valence electrons. The highest BCUT2D eigenvalue weighted by Crippen LogP contribution is 2.29. The van der Waals surface area contributed by atoms with E-state index in [1.54, 1.807) is 6.07 Å². The van der Waals surface area contributed by atoms with E-state index in [1.165, 1.54) is 38.1 Å². The number of ether oxygens (including phenoxy) is 1. The molecule has 0 atom stereocenters. The maximum atomic E-state index is 14.5. The van der Waals surface area contributed by atoms with Crippen LogP contribution in [0.1, 0.15) is 56.1 Å². The molecule has 11 nitrogen and oxygen atoms in total. The summed E-state index contributed by atoms with van der Waals surface area (Å²) in [7, 11) is 0. The molecule has 0 bridgehead atoms. The highest BCUT2D eigenvalue weighted by molar-refractivity contribution is 5.93. The van der Waals surface area contributed by atoms with Crippen molar-refractivity contribution in [1.82, 2.24) is 34.1 Å². The first-order valence-corrected chi connectivity index (χ1v) is 17.0. The van der Waals surface area contributed by atoms with Crippen molar-refractivity contribution < 1.29 is 18.3 Å². The van der Waals surface area contributed by atoms with E-state index in [-0.39, 0.29) is 22.8 Å². The fraction of sp³-hybridized carbons (Fsp3) is 0.289. The molecular weight excluding hydrogens is 656 g/mol. The molecule has 0 radical (unpaired) electrons. The Morgan fingerprint density at radius 3 is 2.49 bits per heavy atom. The fourth-order valence-corrected chi connectivity index (χ4v) is 6.63. The summed E-state index contributed by atoms with van der Waals surface area (Å²) in [6, 6.07) is 18.5. The van der Waals surface area contributed by atoms with Gasteiger partial charge in [-0.1, -0.05) is 38.1 Å². The summed E-state index contributed by atoms with van der Waals surface area (Å²) in [6.07, 6.45) is 5.54. The number of carbonyl (C=O) groups excluding carboxylic acids is 1. The molecule has 1 aliphatic rings. The Bertz CT molecular complexity index is 2340. The Balaban J connectivity index is 1.13. The van der Waals surface area contributed by atoms with Crippen LogP contribution >= 0.6 is 0 Å². The molecule has 0 unspecified atom stereocenters. The third kappa shape index (κ3) is 7.15. The summed E-state index contributed by atoms with van der Waals surface area (Å²) in [5, 5.41) is 6.29. The second kappa shape index (κ2) is 14.3. The smallest absolute Gasteiger partial charge is 0.337 e. The number of imidazole rings is 1. The SMILES string of the molecule is CC(C)NCCOc1ccc(-c2cccc(-n3c(=O)n(C4CCC(NC(=O)c5cn6cc(F)ccc6n5)CC4)c(=O)c4cc(F)cnc43)c2)cc1. The van der Waals surface area contributed by atoms with Crippen LogP contribution in [0.5, 0.6) is 5.75 Å². The van der Waals surface area contributed by atoms with E-state index >= 15 is 0 Å². The molecule has 1 fully saturated rings. The number of aromatic nitrogens is 5. The Kier molecular flexibility index (Phi) is 9.46. The maximum Gasteiger partial charge on any atom is 0.337 e. The van der Waals surface area contributed by atoms with Crippen LogP contribution in [0.3, 0.4) is 0 Å². The van der Waals surface area contributed by atoms with Gasteiger partial charge in [0, 0.05) is 37.1 Å². The van der Waals surface area contributed by atoms with Gasteiger partial charge in [-0.3, -0.25) is 14.2 Å². The summed E-state index contributed by atoms with van der Waals surface area (Å²) in [5.41, 5.74) is 1.67. The molecule has 1 saturated carbocycles. The Morgan fingerprint density at radius 1 is 0.941 bits per heavy atom. The fourth-order valence-electron chi connectivity index (χ4n) is 6.63. The quantitative estimate of drug-likeness (QED) is 0.184. The molecule has 7 rings (SSSR count). The Labute approximate surface area is 291 Å². The van der Waals surface area contributed by atoms with Crippen molar-refractivity contribution in [2.24, 2.45) is 0 Å². The topological polar surface area (TPSA) is 125 Å². The average molecular weight is 694 g/mol. The van der Waals surface area contributed by atoms with Crippen LogP contribution < -0.4 is 26.6 Å². The predicted octanol–water partition coefficient (Wildman–Crippen LogP) is 5.43. The lowest BCUT2D eigenvalue weighted by Crippen LogP contribution is -2.45. The first-order chi connectivity index (χ1) is 24.6. The number of amides is 1. The highest BCUT2D eigenvalue weighted by atomic mass is 19.1. The molecule has 4 aromatic heterocycles. The van der Waals surface area contributed by atoms with E-state index < -0.39 is 34.8 Å². The van der Waals surface area contributed by atoms with Gasteiger partial charge in [-0.2, -0.15) is 0 Å². The number of benzene rings is 2. The molecule has 0 saturated heterocycles. The van der Waals surface area contributed by atoms with Crippen LogP contribution in [0.2, 0.25) is 0 Å². The minimum absolute atomic E-state index is 0.00725. The van der Waals surface area contributed by atoms with Crippen molar-refractivity contribution in [2.45, 2.75) is 57.7 Å². The zero-order valence-corrected chi connectivity index (χ0v) is 28.2. The van der Waals surface area contributed by atoms with Gasteiger partial charge in [-0.05, 0) is 79.3 Å². The first-order valence-electron chi connectivity index (χ1n) is 17.0. The summed E-state index contributed by atoms with van der Waals surface area (Å²) >= 11 is 0. The van der Waals surface area contributed by atoms with E-state index in [9.17, 15) is 23.2 Å². The van der Waals surface area contributed by atoms with Crippen molar-refractivity contribution in [3.05, 3.63) is 123 Å². The van der Waals surface area contributed by atoms with Gasteiger partial charge in [0.05, 0.1) is 17.3 Å². The summed E-state index contributed by atoms with van der Waals surface area (Å²) < 4.78 is 38.0.